The minimum Gasteiger partial charge on any atom is -0.371 e. The molecule has 0 fully saturated rings. The second-order valence-electron chi connectivity index (χ2n) is 5.78. The molecule has 0 aromatic carbocycles. The highest BCUT2D eigenvalue weighted by molar-refractivity contribution is 5.92. The van der Waals surface area contributed by atoms with Crippen molar-refractivity contribution in [2.24, 2.45) is 5.41 Å². The molecule has 1 aliphatic carbocycles. The predicted octanol–water partition coefficient (Wildman–Crippen LogP) is 2.91. The van der Waals surface area contributed by atoms with Crippen molar-refractivity contribution in [1.82, 2.24) is 4.90 Å². The van der Waals surface area contributed by atoms with Crippen molar-refractivity contribution >= 4 is 5.78 Å². The molecule has 0 spiro atoms. The van der Waals surface area contributed by atoms with Crippen LogP contribution in [0.15, 0.2) is 23.4 Å². The molecule has 0 unspecified atom stereocenters. The summed E-state index contributed by atoms with van der Waals surface area (Å²) in [7, 11) is 0. The van der Waals surface area contributed by atoms with E-state index in [-0.39, 0.29) is 0 Å². The van der Waals surface area contributed by atoms with Gasteiger partial charge in [0.1, 0.15) is 0 Å². The highest BCUT2D eigenvalue weighted by Gasteiger charge is 2.24. The molecule has 0 aromatic heterocycles. The van der Waals surface area contributed by atoms with Gasteiger partial charge in [0, 0.05) is 31.3 Å². The van der Waals surface area contributed by atoms with Gasteiger partial charge in [0.15, 0.2) is 5.78 Å². The van der Waals surface area contributed by atoms with Crippen LogP contribution in [0.1, 0.15) is 40.0 Å². The van der Waals surface area contributed by atoms with Crippen molar-refractivity contribution in [3.63, 3.8) is 0 Å². The second-order valence-corrected chi connectivity index (χ2v) is 5.78. The summed E-state index contributed by atoms with van der Waals surface area (Å²) in [5.41, 5.74) is 3.09. The first-order chi connectivity index (χ1) is 7.47. The molecule has 1 aliphatic heterocycles. The molecule has 2 aliphatic rings. The average molecular weight is 219 g/mol. The molecule has 0 amide bonds. The van der Waals surface area contributed by atoms with Crippen LogP contribution in [0.4, 0.5) is 0 Å². The van der Waals surface area contributed by atoms with Crippen LogP contribution in [0.3, 0.4) is 0 Å². The topological polar surface area (TPSA) is 20.3 Å². The third-order valence-electron chi connectivity index (χ3n) is 3.53. The van der Waals surface area contributed by atoms with Gasteiger partial charge >= 0.3 is 0 Å². The van der Waals surface area contributed by atoms with Crippen molar-refractivity contribution in [1.29, 1.82) is 0 Å². The fraction of sp³-hybridized carbons (Fsp3) is 0.643. The summed E-state index contributed by atoms with van der Waals surface area (Å²) in [4.78, 5) is 13.5. The van der Waals surface area contributed by atoms with Crippen LogP contribution in [0.2, 0.25) is 0 Å². The van der Waals surface area contributed by atoms with Crippen LogP contribution in [0, 0.1) is 5.41 Å². The lowest BCUT2D eigenvalue weighted by Gasteiger charge is -2.34. The van der Waals surface area contributed by atoms with Gasteiger partial charge in [0.2, 0.25) is 0 Å². The lowest BCUT2D eigenvalue weighted by Crippen LogP contribution is -2.30. The summed E-state index contributed by atoms with van der Waals surface area (Å²) in [5.74, 6) is 0.292. The van der Waals surface area contributed by atoms with E-state index in [4.69, 9.17) is 0 Å². The van der Waals surface area contributed by atoms with Gasteiger partial charge in [-0.1, -0.05) is 32.4 Å². The maximum Gasteiger partial charge on any atom is 0.157 e. The van der Waals surface area contributed by atoms with Crippen molar-refractivity contribution in [2.75, 3.05) is 13.1 Å². The van der Waals surface area contributed by atoms with Crippen LogP contribution >= 0.6 is 0 Å². The van der Waals surface area contributed by atoms with Crippen molar-refractivity contribution in [3.05, 3.63) is 23.4 Å². The van der Waals surface area contributed by atoms with Gasteiger partial charge in [0.25, 0.3) is 0 Å². The number of hydrogen-bond acceptors (Lipinski definition) is 2. The van der Waals surface area contributed by atoms with E-state index in [0.29, 0.717) is 17.6 Å². The molecular weight excluding hydrogens is 198 g/mol. The van der Waals surface area contributed by atoms with Gasteiger partial charge in [0.05, 0.1) is 0 Å². The molecule has 0 aromatic rings. The van der Waals surface area contributed by atoms with E-state index in [0.717, 1.165) is 25.9 Å². The van der Waals surface area contributed by atoms with Gasteiger partial charge in [-0.15, -0.1) is 0 Å². The number of carbonyl (C=O) groups is 1. The number of hydrogen-bond donors (Lipinski definition) is 0. The number of carbonyl (C=O) groups excluding carboxylic acids is 1. The number of ketones is 1. The summed E-state index contributed by atoms with van der Waals surface area (Å²) >= 11 is 0. The summed E-state index contributed by atoms with van der Waals surface area (Å²) in [6.45, 7) is 8.86. The quantitative estimate of drug-likeness (QED) is 0.632. The van der Waals surface area contributed by atoms with Crippen LogP contribution in [0.25, 0.3) is 0 Å². The third-order valence-corrected chi connectivity index (χ3v) is 3.53. The number of nitrogens with zero attached hydrogens (tertiary/aromatic N) is 1. The molecule has 0 bridgehead atoms. The molecule has 88 valence electrons. The van der Waals surface area contributed by atoms with E-state index in [9.17, 15) is 4.79 Å². The predicted molar refractivity (Wildman–Crippen MR) is 66.1 cm³/mol. The molecule has 2 heteroatoms. The Morgan fingerprint density at radius 2 is 1.94 bits per heavy atom. The Balaban J connectivity index is 2.02. The standard InChI is InChI=1S/C14H21NO/c1-14(2,3)11-6-8-15(9-7-11)12-4-5-13(16)10-12/h6,10H,4-5,7-9H2,1-3H3. The van der Waals surface area contributed by atoms with E-state index in [2.05, 4.69) is 31.7 Å². The summed E-state index contributed by atoms with van der Waals surface area (Å²) < 4.78 is 0. The van der Waals surface area contributed by atoms with Gasteiger partial charge in [-0.2, -0.15) is 0 Å². The van der Waals surface area contributed by atoms with Crippen LogP contribution in [0.5, 0.6) is 0 Å². The fourth-order valence-corrected chi connectivity index (χ4v) is 2.44. The molecule has 2 nitrogen and oxygen atoms in total. The third kappa shape index (κ3) is 2.37. The second kappa shape index (κ2) is 4.08. The van der Waals surface area contributed by atoms with Gasteiger partial charge in [-0.05, 0) is 18.3 Å². The van der Waals surface area contributed by atoms with Crippen LogP contribution < -0.4 is 0 Å². The van der Waals surface area contributed by atoms with Crippen molar-refractivity contribution in [3.8, 4) is 0 Å². The minimum atomic E-state index is 0.292. The van der Waals surface area contributed by atoms with E-state index in [1.165, 1.54) is 5.70 Å². The van der Waals surface area contributed by atoms with E-state index in [1.54, 1.807) is 5.57 Å². The minimum absolute atomic E-state index is 0.292. The Kier molecular flexibility index (Phi) is 2.92. The van der Waals surface area contributed by atoms with Gasteiger partial charge < -0.3 is 4.90 Å². The van der Waals surface area contributed by atoms with Gasteiger partial charge in [-0.3, -0.25) is 4.79 Å². The summed E-state index contributed by atoms with van der Waals surface area (Å²) in [6, 6.07) is 0. The summed E-state index contributed by atoms with van der Waals surface area (Å²) in [5, 5.41) is 0. The zero-order valence-corrected chi connectivity index (χ0v) is 10.5. The number of allylic oxidation sites excluding steroid dienone is 2. The monoisotopic (exact) mass is 219 g/mol. The smallest absolute Gasteiger partial charge is 0.157 e. The lowest BCUT2D eigenvalue weighted by molar-refractivity contribution is -0.114. The maximum atomic E-state index is 11.2. The Bertz CT molecular complexity index is 357. The molecule has 16 heavy (non-hydrogen) atoms. The van der Waals surface area contributed by atoms with Crippen LogP contribution in [-0.4, -0.2) is 23.8 Å². The largest absolute Gasteiger partial charge is 0.371 e. The normalized spacial score (nSPS) is 22.2. The highest BCUT2D eigenvalue weighted by Crippen LogP contribution is 2.32. The Morgan fingerprint density at radius 3 is 2.38 bits per heavy atom. The maximum absolute atomic E-state index is 11.2. The Hall–Kier alpha value is -1.05. The zero-order valence-electron chi connectivity index (χ0n) is 10.5. The first-order valence-electron chi connectivity index (χ1n) is 6.15. The van der Waals surface area contributed by atoms with Crippen LogP contribution in [-0.2, 0) is 4.79 Å². The van der Waals surface area contributed by atoms with E-state index >= 15 is 0 Å². The lowest BCUT2D eigenvalue weighted by atomic mass is 9.83. The van der Waals surface area contributed by atoms with Crippen molar-refractivity contribution in [2.45, 2.75) is 40.0 Å². The van der Waals surface area contributed by atoms with Gasteiger partial charge in [-0.25, -0.2) is 0 Å². The van der Waals surface area contributed by atoms with E-state index < -0.39 is 0 Å². The first-order valence-corrected chi connectivity index (χ1v) is 6.15. The zero-order chi connectivity index (χ0) is 11.8. The molecule has 0 atom stereocenters. The molecule has 0 N–H and O–H groups in total. The average Bonchev–Trinajstić information content (AvgIpc) is 2.64. The number of rotatable bonds is 1. The molecule has 0 saturated heterocycles. The summed E-state index contributed by atoms with van der Waals surface area (Å²) in [6.07, 6.45) is 6.96. The highest BCUT2D eigenvalue weighted by atomic mass is 16.1. The Morgan fingerprint density at radius 1 is 1.19 bits per heavy atom. The first kappa shape index (κ1) is 11.4. The molecular formula is C14H21NO. The fourth-order valence-electron chi connectivity index (χ4n) is 2.44. The molecule has 1 heterocycles. The molecule has 0 saturated carbocycles. The molecule has 0 radical (unpaired) electrons. The van der Waals surface area contributed by atoms with Crippen molar-refractivity contribution < 1.29 is 4.79 Å². The SMILES string of the molecule is CC(C)(C)C1=CCN(C2=CC(=O)CC2)CC1. The van der Waals surface area contributed by atoms with E-state index in [1.807, 2.05) is 6.08 Å². The molecule has 2 rings (SSSR count). The Labute approximate surface area is 98.0 Å².